The maximum Gasteiger partial charge on any atom is 0.00229 e. The molecular formula is C6H12S. The molecule has 1 unspecified atom stereocenters. The fraction of sp³-hybridized carbons (Fsp3) is 0.667. The quantitative estimate of drug-likeness (QED) is 0.415. The summed E-state index contributed by atoms with van der Waals surface area (Å²) in [6.45, 7) is 4.11. The molecule has 0 aliphatic carbocycles. The zero-order valence-corrected chi connectivity index (χ0v) is 5.78. The summed E-state index contributed by atoms with van der Waals surface area (Å²) < 4.78 is 0. The predicted molar refractivity (Wildman–Crippen MR) is 37.9 cm³/mol. The summed E-state index contributed by atoms with van der Waals surface area (Å²) in [6, 6.07) is 0. The van der Waals surface area contributed by atoms with Crippen molar-refractivity contribution in [2.45, 2.75) is 25.5 Å². The Morgan fingerprint density at radius 2 is 2.29 bits per heavy atom. The van der Waals surface area contributed by atoms with Crippen LogP contribution >= 0.6 is 12.6 Å². The second-order valence-corrected chi connectivity index (χ2v) is 2.54. The Morgan fingerprint density at radius 1 is 1.71 bits per heavy atom. The third-order valence-electron chi connectivity index (χ3n) is 0.713. The molecule has 0 amide bonds. The molecule has 0 aliphatic rings. The Balaban J connectivity index is 2.97. The molecule has 0 heterocycles. The monoisotopic (exact) mass is 116 g/mol. The molecule has 1 heteroatoms. The van der Waals surface area contributed by atoms with Crippen LogP contribution in [0.25, 0.3) is 0 Å². The Morgan fingerprint density at radius 3 is 2.43 bits per heavy atom. The van der Waals surface area contributed by atoms with Crippen molar-refractivity contribution in [1.82, 2.24) is 0 Å². The van der Waals surface area contributed by atoms with Gasteiger partial charge < -0.3 is 0 Å². The fourth-order valence-corrected chi connectivity index (χ4v) is 0.455. The summed E-state index contributed by atoms with van der Waals surface area (Å²) in [4.78, 5) is 0. The van der Waals surface area contributed by atoms with Crippen LogP contribution in [0.2, 0.25) is 0 Å². The SMILES string of the molecule is C/C=C\CC(C)S. The van der Waals surface area contributed by atoms with Crippen LogP contribution in [0.1, 0.15) is 20.3 Å². The molecule has 7 heavy (non-hydrogen) atoms. The van der Waals surface area contributed by atoms with Crippen molar-refractivity contribution in [1.29, 1.82) is 0 Å². The highest BCUT2D eigenvalue weighted by molar-refractivity contribution is 7.80. The molecule has 0 N–H and O–H groups in total. The van der Waals surface area contributed by atoms with E-state index in [1.165, 1.54) is 0 Å². The van der Waals surface area contributed by atoms with Crippen LogP contribution < -0.4 is 0 Å². The molecule has 0 radical (unpaired) electrons. The first kappa shape index (κ1) is 7.09. The zero-order valence-electron chi connectivity index (χ0n) is 4.89. The topological polar surface area (TPSA) is 0 Å². The third kappa shape index (κ3) is 6.09. The van der Waals surface area contributed by atoms with Crippen LogP contribution in [0.3, 0.4) is 0 Å². The minimum Gasteiger partial charge on any atom is -0.176 e. The third-order valence-corrected chi connectivity index (χ3v) is 0.924. The van der Waals surface area contributed by atoms with E-state index in [0.717, 1.165) is 6.42 Å². The van der Waals surface area contributed by atoms with Crippen molar-refractivity contribution < 1.29 is 0 Å². The number of rotatable bonds is 2. The van der Waals surface area contributed by atoms with Gasteiger partial charge in [-0.15, -0.1) is 0 Å². The molecule has 0 aliphatic heterocycles. The second-order valence-electron chi connectivity index (χ2n) is 1.65. The Kier molecular flexibility index (Phi) is 4.31. The van der Waals surface area contributed by atoms with Crippen molar-refractivity contribution in [2.24, 2.45) is 0 Å². The van der Waals surface area contributed by atoms with Gasteiger partial charge in [-0.1, -0.05) is 19.1 Å². The maximum atomic E-state index is 4.18. The van der Waals surface area contributed by atoms with Gasteiger partial charge in [0.25, 0.3) is 0 Å². The van der Waals surface area contributed by atoms with Crippen molar-refractivity contribution in [3.63, 3.8) is 0 Å². The molecule has 0 aromatic heterocycles. The van der Waals surface area contributed by atoms with E-state index >= 15 is 0 Å². The highest BCUT2D eigenvalue weighted by atomic mass is 32.1. The van der Waals surface area contributed by atoms with E-state index in [4.69, 9.17) is 0 Å². The molecule has 0 nitrogen and oxygen atoms in total. The van der Waals surface area contributed by atoms with Gasteiger partial charge in [0.2, 0.25) is 0 Å². The molecule has 0 aromatic carbocycles. The van der Waals surface area contributed by atoms with Crippen molar-refractivity contribution in [3.8, 4) is 0 Å². The van der Waals surface area contributed by atoms with Gasteiger partial charge in [0.15, 0.2) is 0 Å². The van der Waals surface area contributed by atoms with Crippen molar-refractivity contribution in [3.05, 3.63) is 12.2 Å². The summed E-state index contributed by atoms with van der Waals surface area (Å²) in [5.41, 5.74) is 0. The summed E-state index contributed by atoms with van der Waals surface area (Å²) in [7, 11) is 0. The summed E-state index contributed by atoms with van der Waals surface area (Å²) in [6.07, 6.45) is 5.25. The average Bonchev–Trinajstić information content (AvgIpc) is 1.61. The van der Waals surface area contributed by atoms with E-state index in [1.54, 1.807) is 0 Å². The minimum absolute atomic E-state index is 0.510. The van der Waals surface area contributed by atoms with Crippen molar-refractivity contribution in [2.75, 3.05) is 0 Å². The van der Waals surface area contributed by atoms with Gasteiger partial charge in [-0.05, 0) is 13.3 Å². The number of thiol groups is 1. The summed E-state index contributed by atoms with van der Waals surface area (Å²) in [5, 5.41) is 0.510. The van der Waals surface area contributed by atoms with Crippen molar-refractivity contribution >= 4 is 12.6 Å². The molecule has 0 fully saturated rings. The van der Waals surface area contributed by atoms with Crippen LogP contribution in [0.4, 0.5) is 0 Å². The molecule has 1 atom stereocenters. The molecule has 42 valence electrons. The lowest BCUT2D eigenvalue weighted by molar-refractivity contribution is 0.988. The van der Waals surface area contributed by atoms with E-state index in [-0.39, 0.29) is 0 Å². The van der Waals surface area contributed by atoms with Crippen LogP contribution in [-0.2, 0) is 0 Å². The van der Waals surface area contributed by atoms with E-state index < -0.39 is 0 Å². The zero-order chi connectivity index (χ0) is 5.70. The number of hydrogen-bond acceptors (Lipinski definition) is 1. The Labute approximate surface area is 51.0 Å². The van der Waals surface area contributed by atoms with Crippen LogP contribution in [0.5, 0.6) is 0 Å². The van der Waals surface area contributed by atoms with Gasteiger partial charge in [0, 0.05) is 5.25 Å². The lowest BCUT2D eigenvalue weighted by atomic mass is 10.3. The highest BCUT2D eigenvalue weighted by Gasteiger charge is 1.84. The van der Waals surface area contributed by atoms with E-state index in [1.807, 2.05) is 13.0 Å². The second kappa shape index (κ2) is 4.25. The molecule has 0 rings (SSSR count). The summed E-state index contributed by atoms with van der Waals surface area (Å²) >= 11 is 4.18. The maximum absolute atomic E-state index is 4.18. The van der Waals surface area contributed by atoms with Gasteiger partial charge in [-0.2, -0.15) is 12.6 Å². The lowest BCUT2D eigenvalue weighted by Gasteiger charge is -1.93. The first-order valence-corrected chi connectivity index (χ1v) is 3.08. The standard InChI is InChI=1S/C6H12S/c1-3-4-5-6(2)7/h3-4,6-7H,5H2,1-2H3/b4-3-. The van der Waals surface area contributed by atoms with Gasteiger partial charge in [0.1, 0.15) is 0 Å². The molecule has 0 saturated carbocycles. The predicted octanol–water partition coefficient (Wildman–Crippen LogP) is 2.27. The minimum atomic E-state index is 0.510. The highest BCUT2D eigenvalue weighted by Crippen LogP contribution is 1.98. The lowest BCUT2D eigenvalue weighted by Crippen LogP contribution is -1.84. The fourth-order valence-electron chi connectivity index (χ4n) is 0.333. The van der Waals surface area contributed by atoms with Gasteiger partial charge in [-0.3, -0.25) is 0 Å². The van der Waals surface area contributed by atoms with E-state index in [0.29, 0.717) is 5.25 Å². The molecule has 0 bridgehead atoms. The van der Waals surface area contributed by atoms with Gasteiger partial charge in [-0.25, -0.2) is 0 Å². The van der Waals surface area contributed by atoms with Crippen LogP contribution in [0.15, 0.2) is 12.2 Å². The first-order chi connectivity index (χ1) is 3.27. The summed E-state index contributed by atoms with van der Waals surface area (Å²) in [5.74, 6) is 0. The molecule has 0 spiro atoms. The van der Waals surface area contributed by atoms with Gasteiger partial charge in [0.05, 0.1) is 0 Å². The molecular weight excluding hydrogens is 104 g/mol. The molecule has 0 aromatic rings. The Bertz CT molecular complexity index is 55.2. The van der Waals surface area contributed by atoms with E-state index in [2.05, 4.69) is 25.6 Å². The smallest absolute Gasteiger partial charge is 0.00229 e. The van der Waals surface area contributed by atoms with E-state index in [9.17, 15) is 0 Å². The van der Waals surface area contributed by atoms with Crippen LogP contribution in [0, 0.1) is 0 Å². The number of hydrogen-bond donors (Lipinski definition) is 1. The largest absolute Gasteiger partial charge is 0.176 e. The van der Waals surface area contributed by atoms with Gasteiger partial charge >= 0.3 is 0 Å². The first-order valence-electron chi connectivity index (χ1n) is 2.56. The normalized spacial score (nSPS) is 15.3. The molecule has 0 saturated heterocycles. The average molecular weight is 116 g/mol. The Hall–Kier alpha value is 0.0900. The number of allylic oxidation sites excluding steroid dienone is 2. The van der Waals surface area contributed by atoms with Crippen LogP contribution in [-0.4, -0.2) is 5.25 Å².